The predicted molar refractivity (Wildman–Crippen MR) is 101 cm³/mol. The van der Waals surface area contributed by atoms with Crippen molar-refractivity contribution in [1.82, 2.24) is 5.32 Å². The summed E-state index contributed by atoms with van der Waals surface area (Å²) >= 11 is 5.06. The van der Waals surface area contributed by atoms with Crippen molar-refractivity contribution >= 4 is 34.6 Å². The molecule has 0 bridgehead atoms. The Morgan fingerprint density at radius 3 is 2.46 bits per heavy atom. The number of methoxy groups -OCH3 is 1. The Kier molecular flexibility index (Phi) is 6.45. The van der Waals surface area contributed by atoms with Crippen LogP contribution >= 0.6 is 12.2 Å². The van der Waals surface area contributed by atoms with Gasteiger partial charge in [0.25, 0.3) is 11.6 Å². The van der Waals surface area contributed by atoms with Crippen molar-refractivity contribution in [3.8, 4) is 11.5 Å². The molecule has 26 heavy (non-hydrogen) atoms. The summed E-state index contributed by atoms with van der Waals surface area (Å²) < 4.78 is 10.4. The van der Waals surface area contributed by atoms with Crippen LogP contribution in [0.3, 0.4) is 0 Å². The third kappa shape index (κ3) is 5.15. The van der Waals surface area contributed by atoms with Crippen LogP contribution in [0.4, 0.5) is 11.4 Å². The van der Waals surface area contributed by atoms with E-state index in [9.17, 15) is 14.9 Å². The lowest BCUT2D eigenvalue weighted by molar-refractivity contribution is -0.385. The van der Waals surface area contributed by atoms with Gasteiger partial charge in [0.15, 0.2) is 11.7 Å². The lowest BCUT2D eigenvalue weighted by Crippen LogP contribution is -2.37. The SMILES string of the molecule is COc1ccc(OCC(=O)NC(=S)Nc2cccc([N+](=O)[O-])c2C)cc1. The third-order valence-electron chi connectivity index (χ3n) is 3.43. The number of carbonyl (C=O) groups is 1. The summed E-state index contributed by atoms with van der Waals surface area (Å²) in [5, 5.41) is 16.2. The number of nitrogens with zero attached hydrogens (tertiary/aromatic N) is 1. The van der Waals surface area contributed by atoms with Crippen molar-refractivity contribution in [3.05, 3.63) is 58.1 Å². The molecule has 0 unspecified atom stereocenters. The summed E-state index contributed by atoms with van der Waals surface area (Å²) in [7, 11) is 1.56. The molecule has 2 rings (SSSR count). The van der Waals surface area contributed by atoms with E-state index in [1.54, 1.807) is 44.4 Å². The molecule has 0 aliphatic rings. The summed E-state index contributed by atoms with van der Waals surface area (Å²) in [5.41, 5.74) is 0.830. The standard InChI is InChI=1S/C17H17N3O5S/c1-11-14(4-3-5-15(11)20(22)23)18-17(26)19-16(21)10-25-13-8-6-12(24-2)7-9-13/h3-9H,10H2,1-2H3,(H2,18,19,21,26). The molecule has 0 atom stereocenters. The first-order chi connectivity index (χ1) is 12.4. The highest BCUT2D eigenvalue weighted by Gasteiger charge is 2.14. The largest absolute Gasteiger partial charge is 0.497 e. The van der Waals surface area contributed by atoms with Gasteiger partial charge in [-0.2, -0.15) is 0 Å². The number of thiocarbonyl (C=S) groups is 1. The lowest BCUT2D eigenvalue weighted by atomic mass is 10.1. The minimum absolute atomic E-state index is 0.0249. The molecule has 0 aliphatic heterocycles. The number of carbonyl (C=O) groups excluding carboxylic acids is 1. The fourth-order valence-corrected chi connectivity index (χ4v) is 2.32. The molecule has 0 saturated heterocycles. The van der Waals surface area contributed by atoms with E-state index in [0.717, 1.165) is 0 Å². The van der Waals surface area contributed by atoms with Gasteiger partial charge in [0.05, 0.1) is 23.3 Å². The van der Waals surface area contributed by atoms with Gasteiger partial charge in [-0.3, -0.25) is 20.2 Å². The Bertz CT molecular complexity index is 824. The van der Waals surface area contributed by atoms with Crippen LogP contribution in [0.5, 0.6) is 11.5 Å². The van der Waals surface area contributed by atoms with Crippen LogP contribution < -0.4 is 20.1 Å². The smallest absolute Gasteiger partial charge is 0.274 e. The summed E-state index contributed by atoms with van der Waals surface area (Å²) in [5.74, 6) is 0.732. The van der Waals surface area contributed by atoms with Gasteiger partial charge in [-0.25, -0.2) is 0 Å². The fraction of sp³-hybridized carbons (Fsp3) is 0.176. The minimum atomic E-state index is -0.481. The van der Waals surface area contributed by atoms with Gasteiger partial charge in [-0.15, -0.1) is 0 Å². The van der Waals surface area contributed by atoms with Crippen LogP contribution in [0.2, 0.25) is 0 Å². The van der Waals surface area contributed by atoms with Crippen molar-refractivity contribution in [1.29, 1.82) is 0 Å². The molecule has 1 amide bonds. The molecule has 0 aliphatic carbocycles. The molecule has 0 heterocycles. The van der Waals surface area contributed by atoms with E-state index in [0.29, 0.717) is 22.7 Å². The van der Waals surface area contributed by atoms with Gasteiger partial charge in [-0.05, 0) is 49.5 Å². The van der Waals surface area contributed by atoms with E-state index in [1.807, 2.05) is 0 Å². The van der Waals surface area contributed by atoms with Crippen molar-refractivity contribution in [2.24, 2.45) is 0 Å². The molecule has 0 spiro atoms. The summed E-state index contributed by atoms with van der Waals surface area (Å²) in [4.78, 5) is 22.4. The summed E-state index contributed by atoms with van der Waals surface area (Å²) in [6.07, 6.45) is 0. The van der Waals surface area contributed by atoms with E-state index in [4.69, 9.17) is 21.7 Å². The van der Waals surface area contributed by atoms with Crippen LogP contribution in [-0.4, -0.2) is 29.7 Å². The van der Waals surface area contributed by atoms with E-state index in [-0.39, 0.29) is 17.4 Å². The van der Waals surface area contributed by atoms with Crippen molar-refractivity contribution < 1.29 is 19.2 Å². The maximum Gasteiger partial charge on any atom is 0.274 e. The zero-order valence-electron chi connectivity index (χ0n) is 14.1. The van der Waals surface area contributed by atoms with Crippen LogP contribution in [-0.2, 0) is 4.79 Å². The van der Waals surface area contributed by atoms with Gasteiger partial charge in [-0.1, -0.05) is 6.07 Å². The highest BCUT2D eigenvalue weighted by atomic mass is 32.1. The number of hydrogen-bond acceptors (Lipinski definition) is 6. The monoisotopic (exact) mass is 375 g/mol. The highest BCUT2D eigenvalue weighted by Crippen LogP contribution is 2.24. The molecule has 2 N–H and O–H groups in total. The van der Waals surface area contributed by atoms with Gasteiger partial charge < -0.3 is 14.8 Å². The van der Waals surface area contributed by atoms with E-state index in [2.05, 4.69) is 10.6 Å². The number of hydrogen-bond donors (Lipinski definition) is 2. The van der Waals surface area contributed by atoms with Crippen molar-refractivity contribution in [2.75, 3.05) is 19.0 Å². The molecular weight excluding hydrogens is 358 g/mol. The lowest BCUT2D eigenvalue weighted by Gasteiger charge is -2.12. The number of amides is 1. The molecule has 0 fully saturated rings. The second-order valence-corrected chi connectivity index (χ2v) is 5.58. The number of nitrogens with one attached hydrogen (secondary N) is 2. The number of benzene rings is 2. The summed E-state index contributed by atoms with van der Waals surface area (Å²) in [6.45, 7) is 1.36. The molecular formula is C17H17N3O5S. The minimum Gasteiger partial charge on any atom is -0.497 e. The number of ether oxygens (including phenoxy) is 2. The summed E-state index contributed by atoms with van der Waals surface area (Å²) in [6, 6.07) is 11.3. The Labute approximate surface area is 155 Å². The molecule has 2 aromatic rings. The van der Waals surface area contributed by atoms with Crippen molar-refractivity contribution in [3.63, 3.8) is 0 Å². The molecule has 0 aromatic heterocycles. The topological polar surface area (TPSA) is 103 Å². The first kappa shape index (κ1) is 19.1. The number of anilines is 1. The highest BCUT2D eigenvalue weighted by molar-refractivity contribution is 7.80. The molecule has 0 radical (unpaired) electrons. The Morgan fingerprint density at radius 2 is 1.85 bits per heavy atom. The first-order valence-corrected chi connectivity index (χ1v) is 7.93. The van der Waals surface area contributed by atoms with Gasteiger partial charge >= 0.3 is 0 Å². The zero-order valence-corrected chi connectivity index (χ0v) is 15.0. The average molecular weight is 375 g/mol. The Morgan fingerprint density at radius 1 is 1.19 bits per heavy atom. The quantitative estimate of drug-likeness (QED) is 0.455. The average Bonchev–Trinajstić information content (AvgIpc) is 2.62. The van der Waals surface area contributed by atoms with E-state index < -0.39 is 10.8 Å². The number of nitro groups is 1. The van der Waals surface area contributed by atoms with E-state index >= 15 is 0 Å². The van der Waals surface area contributed by atoms with Gasteiger partial charge in [0.1, 0.15) is 11.5 Å². The molecule has 8 nitrogen and oxygen atoms in total. The zero-order chi connectivity index (χ0) is 19.1. The van der Waals surface area contributed by atoms with Gasteiger partial charge in [0, 0.05) is 6.07 Å². The van der Waals surface area contributed by atoms with E-state index in [1.165, 1.54) is 12.1 Å². The number of rotatable bonds is 6. The third-order valence-corrected chi connectivity index (χ3v) is 3.64. The maximum absolute atomic E-state index is 11.9. The van der Waals surface area contributed by atoms with Crippen molar-refractivity contribution in [2.45, 2.75) is 6.92 Å². The second kappa shape index (κ2) is 8.77. The maximum atomic E-state index is 11.9. The molecule has 0 saturated carbocycles. The second-order valence-electron chi connectivity index (χ2n) is 5.17. The number of nitro benzene ring substituents is 1. The molecule has 9 heteroatoms. The van der Waals surface area contributed by atoms with Crippen LogP contribution in [0.15, 0.2) is 42.5 Å². The fourth-order valence-electron chi connectivity index (χ4n) is 2.09. The van der Waals surface area contributed by atoms with Gasteiger partial charge in [0.2, 0.25) is 0 Å². The van der Waals surface area contributed by atoms with Crippen LogP contribution in [0.1, 0.15) is 5.56 Å². The first-order valence-electron chi connectivity index (χ1n) is 7.52. The Hall–Kier alpha value is -3.20. The van der Waals surface area contributed by atoms with Crippen LogP contribution in [0, 0.1) is 17.0 Å². The molecule has 136 valence electrons. The molecule has 2 aromatic carbocycles. The Balaban J connectivity index is 1.88. The normalized spacial score (nSPS) is 9.92. The predicted octanol–water partition coefficient (Wildman–Crippen LogP) is 2.80. The van der Waals surface area contributed by atoms with Crippen LogP contribution in [0.25, 0.3) is 0 Å².